The molecule has 1 aliphatic rings. The molecule has 0 aliphatic carbocycles. The summed E-state index contributed by atoms with van der Waals surface area (Å²) in [7, 11) is 0. The summed E-state index contributed by atoms with van der Waals surface area (Å²) in [5.74, 6) is -45.6. The van der Waals surface area contributed by atoms with Crippen molar-refractivity contribution in [3.63, 3.8) is 0 Å². The number of benzene rings is 6. The summed E-state index contributed by atoms with van der Waals surface area (Å²) < 4.78 is 248. The van der Waals surface area contributed by atoms with Gasteiger partial charge in [-0.15, -0.1) is 0 Å². The van der Waals surface area contributed by atoms with Crippen molar-refractivity contribution < 1.29 is 89.4 Å². The number of aromatic nitrogens is 2. The van der Waals surface area contributed by atoms with E-state index in [4.69, 9.17) is 0 Å². The minimum atomic E-state index is -2.59. The standard InChI is InChI=1S/C46H18F16N6O4/c47-27-19-11-7-63-43(69)15-3-1-4-16(67-15)44(70)64-8-12-21-25(33(53)41(61)37(57)29(21)49)14(26-22(12)30(50)38(58)42(62)34(26)54)10-66-46(72)18-6-2-5-17(68-18)45(71)65-9-13(23(19)31(51)39(59)35(27)55)24-20(11)28(48)36(56)40(60)32(24)52/h1-6H,7-10H2,(H,63,69)(H,64,70)(H,65,71)(H,66,72). The van der Waals surface area contributed by atoms with Crippen molar-refractivity contribution in [2.75, 3.05) is 0 Å². The average Bonchev–Trinajstić information content (AvgIpc) is 3.38. The largest absolute Gasteiger partial charge is 0.347 e. The summed E-state index contributed by atoms with van der Waals surface area (Å²) >= 11 is 0. The van der Waals surface area contributed by atoms with Gasteiger partial charge in [-0.25, -0.2) is 80.2 Å². The number of nitrogens with one attached hydrogen (secondary N) is 4. The molecule has 0 atom stereocenters. The van der Waals surface area contributed by atoms with Crippen molar-refractivity contribution in [2.24, 2.45) is 0 Å². The van der Waals surface area contributed by atoms with Crippen LogP contribution in [-0.2, 0) is 26.2 Å². The highest BCUT2D eigenvalue weighted by molar-refractivity contribution is 6.09. The first-order valence-electron chi connectivity index (χ1n) is 20.1. The predicted molar refractivity (Wildman–Crippen MR) is 215 cm³/mol. The summed E-state index contributed by atoms with van der Waals surface area (Å²) in [4.78, 5) is 61.7. The molecule has 368 valence electrons. The Hall–Kier alpha value is -8.58. The third-order valence-corrected chi connectivity index (χ3v) is 11.6. The number of hydrogen-bond donors (Lipinski definition) is 4. The quantitative estimate of drug-likeness (QED) is 0.0517. The number of carbonyl (C=O) groups excluding carboxylic acids is 4. The van der Waals surface area contributed by atoms with Crippen molar-refractivity contribution in [3.05, 3.63) is 175 Å². The fraction of sp³-hybridized carbons (Fsp3) is 0.0870. The van der Waals surface area contributed by atoms with E-state index in [1.165, 1.54) is 0 Å². The van der Waals surface area contributed by atoms with Crippen LogP contribution in [-0.4, -0.2) is 33.6 Å². The third-order valence-electron chi connectivity index (χ3n) is 11.6. The highest BCUT2D eigenvalue weighted by Gasteiger charge is 2.35. The molecule has 0 saturated carbocycles. The van der Waals surface area contributed by atoms with Crippen LogP contribution < -0.4 is 21.3 Å². The maximum atomic E-state index is 15.9. The van der Waals surface area contributed by atoms with Gasteiger partial charge in [-0.1, -0.05) is 12.1 Å². The maximum absolute atomic E-state index is 15.9. The smallest absolute Gasteiger partial charge is 0.270 e. The lowest BCUT2D eigenvalue weighted by atomic mass is 9.89. The molecule has 8 bridgehead atoms. The molecular formula is C46H18F16N6O4. The van der Waals surface area contributed by atoms with Crippen molar-refractivity contribution in [1.29, 1.82) is 0 Å². The van der Waals surface area contributed by atoms with Gasteiger partial charge < -0.3 is 21.3 Å². The lowest BCUT2D eigenvalue weighted by molar-refractivity contribution is 0.0925. The number of pyridine rings is 2. The maximum Gasteiger partial charge on any atom is 0.270 e. The van der Waals surface area contributed by atoms with Gasteiger partial charge in [0.15, 0.2) is 93.1 Å². The molecule has 9 rings (SSSR count). The van der Waals surface area contributed by atoms with Crippen LogP contribution in [0.5, 0.6) is 0 Å². The number of amides is 4. The number of hydrogen-bond acceptors (Lipinski definition) is 6. The molecular weight excluding hydrogens is 1000 g/mol. The van der Waals surface area contributed by atoms with Gasteiger partial charge in [0.25, 0.3) is 23.6 Å². The molecule has 0 saturated heterocycles. The summed E-state index contributed by atoms with van der Waals surface area (Å²) in [6.45, 7) is -5.81. The van der Waals surface area contributed by atoms with Gasteiger partial charge in [-0.3, -0.25) is 19.2 Å². The molecule has 6 aromatic carbocycles. The Balaban J connectivity index is 1.28. The zero-order valence-corrected chi connectivity index (χ0v) is 34.9. The third kappa shape index (κ3) is 7.29. The van der Waals surface area contributed by atoms with Crippen molar-refractivity contribution >= 4 is 66.7 Å². The number of fused-ring (bicyclic) bond motifs is 10. The Morgan fingerprint density at radius 1 is 0.264 bits per heavy atom. The summed E-state index contributed by atoms with van der Waals surface area (Å²) in [6.07, 6.45) is 0. The average molecular weight is 1020 g/mol. The van der Waals surface area contributed by atoms with Gasteiger partial charge in [-0.05, 0) is 46.5 Å². The second kappa shape index (κ2) is 17.7. The van der Waals surface area contributed by atoms with E-state index in [1.807, 2.05) is 21.3 Å². The molecule has 0 spiro atoms. The first kappa shape index (κ1) is 48.4. The zero-order valence-electron chi connectivity index (χ0n) is 34.9. The molecule has 0 radical (unpaired) electrons. The van der Waals surface area contributed by atoms with Gasteiger partial charge in [0.05, 0.1) is 0 Å². The molecule has 0 unspecified atom stereocenters. The normalized spacial score (nSPS) is 13.9. The Morgan fingerprint density at radius 3 is 0.569 bits per heavy atom. The van der Waals surface area contributed by atoms with Crippen LogP contribution in [0.25, 0.3) is 43.1 Å². The lowest BCUT2D eigenvalue weighted by Crippen LogP contribution is -2.29. The molecule has 1 aliphatic heterocycles. The van der Waals surface area contributed by atoms with Gasteiger partial charge in [-0.2, -0.15) is 0 Å². The van der Waals surface area contributed by atoms with Crippen molar-refractivity contribution in [1.82, 2.24) is 31.2 Å². The molecule has 26 heteroatoms. The van der Waals surface area contributed by atoms with Crippen LogP contribution in [0.15, 0.2) is 36.4 Å². The zero-order chi connectivity index (χ0) is 52.1. The predicted octanol–water partition coefficient (Wildman–Crippen LogP) is 9.35. The Labute approximate surface area is 387 Å². The van der Waals surface area contributed by atoms with Gasteiger partial charge in [0, 0.05) is 69.3 Å². The molecule has 72 heavy (non-hydrogen) atoms. The molecule has 8 aromatic rings. The fourth-order valence-electron chi connectivity index (χ4n) is 8.41. The SMILES string of the molecule is O=C1NCc2c3c(F)c(F)c(F)c(F)c3c(c3c(F)c(F)c(F)c(F)c23)CNC(=O)c2cccc(n2)C(=O)NCc2c3c(F)c(F)c(F)c(F)c3c(c3c(F)c(F)c(F)c(F)c23)CNC(=O)c2cccc1n2. The summed E-state index contributed by atoms with van der Waals surface area (Å²) in [5, 5.41) is -4.35. The van der Waals surface area contributed by atoms with Crippen molar-refractivity contribution in [3.8, 4) is 0 Å². The monoisotopic (exact) mass is 1020 g/mol. The van der Waals surface area contributed by atoms with Crippen LogP contribution in [0.2, 0.25) is 0 Å². The lowest BCUT2D eigenvalue weighted by Gasteiger charge is -2.21. The van der Waals surface area contributed by atoms with E-state index in [1.54, 1.807) is 0 Å². The van der Waals surface area contributed by atoms with Crippen LogP contribution in [0, 0.1) is 93.1 Å². The van der Waals surface area contributed by atoms with E-state index in [0.29, 0.717) is 0 Å². The van der Waals surface area contributed by atoms with Gasteiger partial charge >= 0.3 is 0 Å². The first-order valence-corrected chi connectivity index (χ1v) is 20.1. The molecule has 10 nitrogen and oxygen atoms in total. The summed E-state index contributed by atoms with van der Waals surface area (Å²) in [5.41, 5.74) is -8.62. The van der Waals surface area contributed by atoms with Crippen LogP contribution in [0.4, 0.5) is 70.2 Å². The fourth-order valence-corrected chi connectivity index (χ4v) is 8.41. The second-order valence-electron chi connectivity index (χ2n) is 15.5. The van der Waals surface area contributed by atoms with E-state index in [2.05, 4.69) is 9.97 Å². The van der Waals surface area contributed by atoms with E-state index >= 15 is 70.2 Å². The first-order chi connectivity index (χ1) is 34.1. The molecule has 4 N–H and O–H groups in total. The number of nitrogens with zero attached hydrogens (tertiary/aromatic N) is 2. The Bertz CT molecular complexity index is 3190. The van der Waals surface area contributed by atoms with E-state index in [-0.39, 0.29) is 0 Å². The molecule has 2 aromatic heterocycles. The molecule has 4 amide bonds. The minimum absolute atomic E-state index is 0.821. The summed E-state index contributed by atoms with van der Waals surface area (Å²) in [6, 6.07) is 5.09. The Morgan fingerprint density at radius 2 is 0.417 bits per heavy atom. The molecule has 3 heterocycles. The highest BCUT2D eigenvalue weighted by atomic mass is 19.2. The van der Waals surface area contributed by atoms with E-state index in [9.17, 15) is 19.2 Å². The van der Waals surface area contributed by atoms with E-state index < -0.39 is 231 Å². The van der Waals surface area contributed by atoms with Crippen molar-refractivity contribution in [2.45, 2.75) is 26.2 Å². The minimum Gasteiger partial charge on any atom is -0.347 e. The van der Waals surface area contributed by atoms with E-state index in [0.717, 1.165) is 36.4 Å². The van der Waals surface area contributed by atoms with Crippen LogP contribution in [0.1, 0.15) is 64.2 Å². The van der Waals surface area contributed by atoms with Crippen LogP contribution in [0.3, 0.4) is 0 Å². The van der Waals surface area contributed by atoms with Gasteiger partial charge in [0.2, 0.25) is 0 Å². The topological polar surface area (TPSA) is 142 Å². The number of halogens is 16. The van der Waals surface area contributed by atoms with Gasteiger partial charge in [0.1, 0.15) is 22.8 Å². The number of rotatable bonds is 0. The van der Waals surface area contributed by atoms with Crippen LogP contribution >= 0.6 is 0 Å². The highest BCUT2D eigenvalue weighted by Crippen LogP contribution is 2.44. The second-order valence-corrected chi connectivity index (χ2v) is 15.5. The molecule has 0 fully saturated rings. The Kier molecular flexibility index (Phi) is 11.9. The number of carbonyl (C=O) groups is 4.